The molecule has 4 heterocycles. The molecule has 1 unspecified atom stereocenters. The zero-order valence-electron chi connectivity index (χ0n) is 20.5. The molecule has 0 radical (unpaired) electrons. The molecular formula is C28H29N3O6. The largest absolute Gasteiger partial charge is 0.489 e. The van der Waals surface area contributed by atoms with Crippen LogP contribution in [0.25, 0.3) is 0 Å². The highest BCUT2D eigenvalue weighted by Crippen LogP contribution is 2.25. The molecule has 1 saturated heterocycles. The molecule has 1 N–H and O–H groups in total. The maximum absolute atomic E-state index is 13.4. The fraction of sp³-hybridized carbons (Fsp3) is 0.357. The number of hydrogen-bond acceptors (Lipinski definition) is 7. The highest BCUT2D eigenvalue weighted by Gasteiger charge is 2.26. The molecule has 1 fully saturated rings. The third-order valence-electron chi connectivity index (χ3n) is 6.74. The number of aliphatic hydroxyl groups excluding tert-OH is 1. The molecule has 37 heavy (non-hydrogen) atoms. The number of ketones is 2. The van der Waals surface area contributed by atoms with Gasteiger partial charge in [0.15, 0.2) is 5.78 Å². The molecule has 2 aromatic heterocycles. The van der Waals surface area contributed by atoms with E-state index in [9.17, 15) is 19.5 Å². The van der Waals surface area contributed by atoms with E-state index >= 15 is 0 Å². The Kier molecular flexibility index (Phi) is 7.16. The van der Waals surface area contributed by atoms with Crippen molar-refractivity contribution in [3.05, 3.63) is 93.7 Å². The highest BCUT2D eigenvalue weighted by atomic mass is 16.5. The van der Waals surface area contributed by atoms with E-state index in [1.807, 2.05) is 6.07 Å². The molecule has 9 heteroatoms. The molecule has 1 atom stereocenters. The fourth-order valence-electron chi connectivity index (χ4n) is 4.72. The molecule has 9 nitrogen and oxygen atoms in total. The van der Waals surface area contributed by atoms with Crippen LogP contribution in [0.15, 0.2) is 65.7 Å². The Morgan fingerprint density at radius 3 is 2.68 bits per heavy atom. The maximum Gasteiger partial charge on any atom is 0.251 e. The summed E-state index contributed by atoms with van der Waals surface area (Å²) < 4.78 is 14.4. The van der Waals surface area contributed by atoms with E-state index in [1.165, 1.54) is 16.7 Å². The second kappa shape index (κ2) is 10.7. The third-order valence-corrected chi connectivity index (χ3v) is 6.74. The summed E-state index contributed by atoms with van der Waals surface area (Å²) >= 11 is 0. The molecule has 192 valence electrons. The van der Waals surface area contributed by atoms with Gasteiger partial charge in [0.05, 0.1) is 18.7 Å². The number of aliphatic hydroxyl groups is 1. The van der Waals surface area contributed by atoms with Crippen LogP contribution in [0.5, 0.6) is 5.75 Å². The third kappa shape index (κ3) is 5.63. The van der Waals surface area contributed by atoms with E-state index < -0.39 is 11.9 Å². The van der Waals surface area contributed by atoms with Gasteiger partial charge in [-0.2, -0.15) is 5.10 Å². The summed E-state index contributed by atoms with van der Waals surface area (Å²) in [6.45, 7) is 5.29. The number of ether oxygens (including phenoxy) is 2. The molecule has 0 aliphatic carbocycles. The Labute approximate surface area is 213 Å². The molecular weight excluding hydrogens is 474 g/mol. The van der Waals surface area contributed by atoms with Crippen LogP contribution in [0.4, 0.5) is 0 Å². The minimum atomic E-state index is -0.995. The lowest BCUT2D eigenvalue weighted by molar-refractivity contribution is 0.0660. The van der Waals surface area contributed by atoms with Gasteiger partial charge in [0.25, 0.3) is 5.56 Å². The molecule has 0 amide bonds. The number of benzene rings is 1. The van der Waals surface area contributed by atoms with E-state index in [1.54, 1.807) is 35.3 Å². The van der Waals surface area contributed by atoms with E-state index in [2.05, 4.69) is 11.7 Å². The lowest BCUT2D eigenvalue weighted by Crippen LogP contribution is -2.23. The van der Waals surface area contributed by atoms with Crippen molar-refractivity contribution < 1.29 is 24.2 Å². The Hall–Kier alpha value is -3.82. The van der Waals surface area contributed by atoms with Crippen molar-refractivity contribution in [2.45, 2.75) is 44.4 Å². The SMILES string of the molecule is C=C1CC(O)COc2ccc(=O)n(c2)Cc2cccc(c2)C(=O)Cc2cn(C3CCOCC3)nc2C1=O. The average Bonchev–Trinajstić information content (AvgIpc) is 3.32. The van der Waals surface area contributed by atoms with Crippen molar-refractivity contribution in [2.75, 3.05) is 19.8 Å². The number of Topliss-reactive ketones (excluding diaryl/α,β-unsaturated/α-hetero) is 2. The molecule has 0 spiro atoms. The number of rotatable bonds is 1. The van der Waals surface area contributed by atoms with Crippen LogP contribution in [0.1, 0.15) is 57.3 Å². The van der Waals surface area contributed by atoms with Crippen LogP contribution in [-0.4, -0.2) is 56.9 Å². The van der Waals surface area contributed by atoms with Crippen LogP contribution < -0.4 is 10.3 Å². The first kappa shape index (κ1) is 24.9. The summed E-state index contributed by atoms with van der Waals surface area (Å²) in [5.74, 6) is -0.161. The van der Waals surface area contributed by atoms with Gasteiger partial charge in [0.2, 0.25) is 5.78 Å². The fourth-order valence-corrected chi connectivity index (χ4v) is 4.72. The van der Waals surface area contributed by atoms with Crippen molar-refractivity contribution in [1.29, 1.82) is 0 Å². The van der Waals surface area contributed by atoms with Gasteiger partial charge in [-0.05, 0) is 36.1 Å². The van der Waals surface area contributed by atoms with Crippen LogP contribution in [0.3, 0.4) is 0 Å². The number of nitrogens with zero attached hydrogens (tertiary/aromatic N) is 3. The lowest BCUT2D eigenvalue weighted by Gasteiger charge is -2.22. The minimum Gasteiger partial charge on any atom is -0.489 e. The number of hydrogen-bond donors (Lipinski definition) is 1. The number of pyridine rings is 1. The zero-order valence-corrected chi connectivity index (χ0v) is 20.5. The van der Waals surface area contributed by atoms with Crippen LogP contribution in [-0.2, 0) is 17.7 Å². The molecule has 5 rings (SSSR count). The van der Waals surface area contributed by atoms with E-state index in [0.29, 0.717) is 30.1 Å². The first-order valence-electron chi connectivity index (χ1n) is 12.4. The minimum absolute atomic E-state index is 0.0118. The van der Waals surface area contributed by atoms with Gasteiger partial charge in [0.1, 0.15) is 18.1 Å². The van der Waals surface area contributed by atoms with Crippen LogP contribution in [0, 0.1) is 0 Å². The topological polar surface area (TPSA) is 113 Å². The predicted molar refractivity (Wildman–Crippen MR) is 135 cm³/mol. The summed E-state index contributed by atoms with van der Waals surface area (Å²) in [6, 6.07) is 10.1. The van der Waals surface area contributed by atoms with Gasteiger partial charge in [0, 0.05) is 55.6 Å². The second-order valence-electron chi connectivity index (χ2n) is 9.56. The quantitative estimate of drug-likeness (QED) is 0.508. The zero-order chi connectivity index (χ0) is 25.9. The van der Waals surface area contributed by atoms with Crippen LogP contribution in [0.2, 0.25) is 0 Å². The number of carbonyl (C=O) groups is 2. The van der Waals surface area contributed by atoms with Gasteiger partial charge < -0.3 is 19.1 Å². The first-order valence-corrected chi connectivity index (χ1v) is 12.4. The van der Waals surface area contributed by atoms with Gasteiger partial charge in [-0.1, -0.05) is 24.8 Å². The summed E-state index contributed by atoms with van der Waals surface area (Å²) in [4.78, 5) is 39.1. The molecule has 0 saturated carbocycles. The first-order chi connectivity index (χ1) is 17.9. The molecule has 4 bridgehead atoms. The van der Waals surface area contributed by atoms with Gasteiger partial charge in [-0.15, -0.1) is 0 Å². The standard InChI is InChI=1S/C28H29N3O6/c1-18-11-23(32)17-37-24-5-6-26(34)30(16-24)14-19-3-2-4-20(12-19)25(33)13-21-15-31(29-27(21)28(18)35)22-7-9-36-10-8-22/h2-6,12,15-16,22-23,32H,1,7-11,13-14,17H2. The van der Waals surface area contributed by atoms with Crippen molar-refractivity contribution >= 4 is 11.6 Å². The Bertz CT molecular complexity index is 1400. The van der Waals surface area contributed by atoms with Gasteiger partial charge >= 0.3 is 0 Å². The normalized spacial score (nSPS) is 19.7. The summed E-state index contributed by atoms with van der Waals surface area (Å²) in [5.41, 5.74) is 1.92. The summed E-state index contributed by atoms with van der Waals surface area (Å²) in [5, 5.41) is 15.1. The second-order valence-corrected chi connectivity index (χ2v) is 9.56. The van der Waals surface area contributed by atoms with Gasteiger partial charge in [-0.25, -0.2) is 0 Å². The Balaban J connectivity index is 1.53. The Morgan fingerprint density at radius 1 is 1.05 bits per heavy atom. The van der Waals surface area contributed by atoms with Crippen molar-refractivity contribution in [2.24, 2.45) is 0 Å². The average molecular weight is 504 g/mol. The van der Waals surface area contributed by atoms with E-state index in [0.717, 1.165) is 18.4 Å². The molecule has 3 aromatic rings. The maximum atomic E-state index is 13.4. The summed E-state index contributed by atoms with van der Waals surface area (Å²) in [6.07, 6.45) is 3.85. The Morgan fingerprint density at radius 2 is 1.86 bits per heavy atom. The van der Waals surface area contributed by atoms with E-state index in [4.69, 9.17) is 9.47 Å². The predicted octanol–water partition coefficient (Wildman–Crippen LogP) is 2.75. The van der Waals surface area contributed by atoms with Gasteiger partial charge in [-0.3, -0.25) is 19.1 Å². The molecule has 2 aliphatic rings. The molecule has 1 aromatic carbocycles. The summed E-state index contributed by atoms with van der Waals surface area (Å²) in [7, 11) is 0. The van der Waals surface area contributed by atoms with E-state index in [-0.39, 0.29) is 54.6 Å². The molecule has 2 aliphatic heterocycles. The smallest absolute Gasteiger partial charge is 0.251 e. The monoisotopic (exact) mass is 503 g/mol. The van der Waals surface area contributed by atoms with Crippen molar-refractivity contribution in [3.63, 3.8) is 0 Å². The number of carbonyl (C=O) groups excluding carboxylic acids is 2. The number of fused-ring (bicyclic) bond motifs is 5. The number of aromatic nitrogens is 3. The van der Waals surface area contributed by atoms with Crippen molar-refractivity contribution in [1.82, 2.24) is 14.3 Å². The highest BCUT2D eigenvalue weighted by molar-refractivity contribution is 6.09. The van der Waals surface area contributed by atoms with Crippen molar-refractivity contribution in [3.8, 4) is 5.75 Å². The lowest BCUT2D eigenvalue weighted by atomic mass is 9.97. The van der Waals surface area contributed by atoms with Crippen LogP contribution >= 0.6 is 0 Å².